The van der Waals surface area contributed by atoms with Crippen LogP contribution in [-0.4, -0.2) is 27.2 Å². The molecular formula is C24H24ClF2N7O. The van der Waals surface area contributed by atoms with Crippen molar-refractivity contribution in [1.29, 1.82) is 5.41 Å². The molecule has 0 saturated carbocycles. The summed E-state index contributed by atoms with van der Waals surface area (Å²) in [6, 6.07) is 8.25. The van der Waals surface area contributed by atoms with E-state index in [0.717, 1.165) is 12.1 Å². The van der Waals surface area contributed by atoms with Crippen molar-refractivity contribution in [3.05, 3.63) is 82.8 Å². The van der Waals surface area contributed by atoms with Crippen molar-refractivity contribution in [2.24, 2.45) is 0 Å². The van der Waals surface area contributed by atoms with Crippen LogP contribution in [0.5, 0.6) is 0 Å². The summed E-state index contributed by atoms with van der Waals surface area (Å²) in [6.07, 6.45) is 3.06. The first-order valence-corrected chi connectivity index (χ1v) is 10.8. The van der Waals surface area contributed by atoms with E-state index >= 15 is 0 Å². The summed E-state index contributed by atoms with van der Waals surface area (Å²) in [5, 5.41) is 16.7. The maximum atomic E-state index is 14.6. The largest absolute Gasteiger partial charge is 0.386 e. The quantitative estimate of drug-likeness (QED) is 0.289. The zero-order valence-corrected chi connectivity index (χ0v) is 20.0. The second-order valence-corrected chi connectivity index (χ2v) is 8.93. The Kier molecular flexibility index (Phi) is 7.65. The van der Waals surface area contributed by atoms with E-state index in [0.29, 0.717) is 11.1 Å². The van der Waals surface area contributed by atoms with E-state index < -0.39 is 17.7 Å². The fourth-order valence-electron chi connectivity index (χ4n) is 2.89. The number of hydrogen-bond acceptors (Lipinski definition) is 6. The summed E-state index contributed by atoms with van der Waals surface area (Å²) >= 11 is 5.94. The molecule has 1 heterocycles. The molecule has 11 heteroatoms. The first kappa shape index (κ1) is 25.6. The zero-order chi connectivity index (χ0) is 25.8. The number of aromatic nitrogens is 2. The number of anilines is 3. The van der Waals surface area contributed by atoms with Gasteiger partial charge in [0.25, 0.3) is 0 Å². The number of rotatable bonds is 6. The molecule has 182 valence electrons. The normalized spacial score (nSPS) is 11.7. The molecule has 0 unspecified atom stereocenters. The highest BCUT2D eigenvalue weighted by atomic mass is 35.5. The summed E-state index contributed by atoms with van der Waals surface area (Å²) in [7, 11) is 0. The van der Waals surface area contributed by atoms with Gasteiger partial charge in [-0.15, -0.1) is 0 Å². The summed E-state index contributed by atoms with van der Waals surface area (Å²) in [6.45, 7) is 5.82. The van der Waals surface area contributed by atoms with Crippen molar-refractivity contribution in [2.75, 3.05) is 16.4 Å². The topological polar surface area (TPSA) is 129 Å². The predicted octanol–water partition coefficient (Wildman–Crippen LogP) is 5.43. The average molecular weight is 500 g/mol. The number of allylic oxidation sites excluding steroid dienone is 1. The van der Waals surface area contributed by atoms with Gasteiger partial charge in [0.15, 0.2) is 0 Å². The van der Waals surface area contributed by atoms with Crippen molar-refractivity contribution in [1.82, 2.24) is 15.3 Å². The van der Waals surface area contributed by atoms with E-state index in [1.54, 1.807) is 6.20 Å². The van der Waals surface area contributed by atoms with Crippen molar-refractivity contribution in [3.63, 3.8) is 0 Å². The number of amides is 2. The number of nitrogens with zero attached hydrogens (tertiary/aromatic N) is 2. The van der Waals surface area contributed by atoms with E-state index in [4.69, 9.17) is 22.7 Å². The maximum Gasteiger partial charge on any atom is 0.323 e. The van der Waals surface area contributed by atoms with Gasteiger partial charge in [0.1, 0.15) is 11.6 Å². The molecule has 0 radical (unpaired) electrons. The first-order valence-electron chi connectivity index (χ1n) is 10.4. The third-order valence-electron chi connectivity index (χ3n) is 4.55. The van der Waals surface area contributed by atoms with Crippen LogP contribution in [0.2, 0.25) is 5.02 Å². The molecular weight excluding hydrogens is 476 g/mol. The predicted molar refractivity (Wildman–Crippen MR) is 135 cm³/mol. The second-order valence-electron chi connectivity index (χ2n) is 8.53. The number of hydrogen-bond donors (Lipinski definition) is 5. The fraction of sp³-hybridized carbons (Fsp3) is 0.167. The molecule has 35 heavy (non-hydrogen) atoms. The summed E-state index contributed by atoms with van der Waals surface area (Å²) in [4.78, 5) is 20.4. The van der Waals surface area contributed by atoms with Gasteiger partial charge >= 0.3 is 6.03 Å². The van der Waals surface area contributed by atoms with Gasteiger partial charge in [-0.1, -0.05) is 17.7 Å². The van der Waals surface area contributed by atoms with Gasteiger partial charge in [0, 0.05) is 23.5 Å². The third kappa shape index (κ3) is 6.97. The zero-order valence-electron chi connectivity index (χ0n) is 19.2. The molecule has 6 N–H and O–H groups in total. The molecule has 0 spiro atoms. The molecule has 2 amide bonds. The highest BCUT2D eigenvalue weighted by molar-refractivity contribution is 6.33. The maximum absolute atomic E-state index is 14.6. The Balaban J connectivity index is 1.93. The van der Waals surface area contributed by atoms with Gasteiger partial charge in [-0.3, -0.25) is 5.41 Å². The highest BCUT2D eigenvalue weighted by Gasteiger charge is 2.18. The molecule has 3 rings (SSSR count). The molecule has 2 aromatic carbocycles. The van der Waals surface area contributed by atoms with Gasteiger partial charge in [-0.05, 0) is 62.7 Å². The summed E-state index contributed by atoms with van der Waals surface area (Å²) in [5.74, 6) is -1.25. The number of nitrogens with one attached hydrogen (secondary N) is 4. The molecule has 0 saturated heterocycles. The van der Waals surface area contributed by atoms with Crippen molar-refractivity contribution in [3.8, 4) is 0 Å². The Labute approximate surface area is 206 Å². The van der Waals surface area contributed by atoms with Gasteiger partial charge in [-0.25, -0.2) is 23.5 Å². The van der Waals surface area contributed by atoms with Crippen LogP contribution < -0.4 is 21.7 Å². The molecule has 1 aromatic heterocycles. The number of halogens is 3. The van der Waals surface area contributed by atoms with Gasteiger partial charge in [0.05, 0.1) is 27.8 Å². The van der Waals surface area contributed by atoms with Gasteiger partial charge in [-0.2, -0.15) is 0 Å². The van der Waals surface area contributed by atoms with E-state index in [9.17, 15) is 13.6 Å². The van der Waals surface area contributed by atoms with Gasteiger partial charge in [0.2, 0.25) is 5.95 Å². The van der Waals surface area contributed by atoms with Crippen LogP contribution >= 0.6 is 11.6 Å². The minimum Gasteiger partial charge on any atom is -0.386 e. The van der Waals surface area contributed by atoms with Crippen LogP contribution in [0.1, 0.15) is 32.0 Å². The molecule has 0 aliphatic heterocycles. The van der Waals surface area contributed by atoms with Crippen LogP contribution in [-0.2, 0) is 0 Å². The van der Waals surface area contributed by atoms with E-state index in [1.807, 2.05) is 20.8 Å². The standard InChI is InChI=1S/C24H24ClF2N7O/c1-24(2,3)31-12-15(21(28)19-8-9-30-22(29)32-19)13-4-6-17(27)20(10-13)34-23(35)33-18-7-5-14(26)11-16(18)25/h4-12,28,31H,1-3H3,(H2,29,30,32)(H2,33,34,35)/b15-12-,28-21?. The first-order chi connectivity index (χ1) is 16.4. The number of nitrogens with two attached hydrogens (primary N) is 1. The SMILES string of the molecule is CC(C)(C)N/C=C(\C(=N)c1ccnc(N)n1)c1ccc(F)c(NC(=O)Nc2ccc(F)cc2Cl)c1. The monoisotopic (exact) mass is 499 g/mol. The second kappa shape index (κ2) is 10.5. The van der Waals surface area contributed by atoms with Gasteiger partial charge < -0.3 is 21.7 Å². The molecule has 8 nitrogen and oxygen atoms in total. The summed E-state index contributed by atoms with van der Waals surface area (Å²) in [5.41, 5.74) is 6.44. The lowest BCUT2D eigenvalue weighted by Gasteiger charge is -2.21. The number of urea groups is 1. The van der Waals surface area contributed by atoms with Crippen molar-refractivity contribution >= 4 is 46.2 Å². The smallest absolute Gasteiger partial charge is 0.323 e. The molecule has 0 aliphatic carbocycles. The fourth-order valence-corrected chi connectivity index (χ4v) is 3.11. The highest BCUT2D eigenvalue weighted by Crippen LogP contribution is 2.26. The van der Waals surface area contributed by atoms with E-state index in [1.165, 1.54) is 36.5 Å². The van der Waals surface area contributed by atoms with E-state index in [-0.39, 0.29) is 39.3 Å². The van der Waals surface area contributed by atoms with Crippen LogP contribution in [0.15, 0.2) is 54.9 Å². The molecule has 0 aliphatic rings. The third-order valence-corrected chi connectivity index (χ3v) is 4.87. The lowest BCUT2D eigenvalue weighted by molar-refractivity contribution is 0.262. The van der Waals surface area contributed by atoms with Crippen LogP contribution in [0.25, 0.3) is 5.57 Å². The Morgan fingerprint density at radius 2 is 1.80 bits per heavy atom. The minimum absolute atomic E-state index is 0.00738. The number of nitrogen functional groups attached to an aromatic ring is 1. The van der Waals surface area contributed by atoms with Crippen molar-refractivity contribution in [2.45, 2.75) is 26.3 Å². The Morgan fingerprint density at radius 3 is 2.46 bits per heavy atom. The van der Waals surface area contributed by atoms with Crippen LogP contribution in [0.4, 0.5) is 30.9 Å². The molecule has 0 fully saturated rings. The van der Waals surface area contributed by atoms with Crippen LogP contribution in [0.3, 0.4) is 0 Å². The average Bonchev–Trinajstić information content (AvgIpc) is 2.77. The lowest BCUT2D eigenvalue weighted by Crippen LogP contribution is -2.32. The molecule has 0 atom stereocenters. The van der Waals surface area contributed by atoms with E-state index in [2.05, 4.69) is 25.9 Å². The minimum atomic E-state index is -0.786. The van der Waals surface area contributed by atoms with Crippen LogP contribution in [0, 0.1) is 17.0 Å². The molecule has 0 bridgehead atoms. The summed E-state index contributed by atoms with van der Waals surface area (Å²) < 4.78 is 27.8. The number of benzene rings is 2. The van der Waals surface area contributed by atoms with Crippen molar-refractivity contribution < 1.29 is 13.6 Å². The number of carbonyl (C=O) groups excluding carboxylic acids is 1. The Bertz CT molecular complexity index is 1310. The Morgan fingerprint density at radius 1 is 1.09 bits per heavy atom. The molecule has 3 aromatic rings. The lowest BCUT2D eigenvalue weighted by atomic mass is 9.98. The Hall–Kier alpha value is -4.05. The number of carbonyl (C=O) groups is 1.